The molecule has 1 aromatic heterocycles. The van der Waals surface area contributed by atoms with Crippen LogP contribution >= 0.6 is 0 Å². The van der Waals surface area contributed by atoms with Crippen LogP contribution in [0.2, 0.25) is 0 Å². The van der Waals surface area contributed by atoms with Crippen LogP contribution in [-0.2, 0) is 11.4 Å². The Morgan fingerprint density at radius 1 is 1.36 bits per heavy atom. The van der Waals surface area contributed by atoms with Crippen LogP contribution < -0.4 is 4.74 Å². The van der Waals surface area contributed by atoms with Crippen molar-refractivity contribution in [2.45, 2.75) is 40.3 Å². The van der Waals surface area contributed by atoms with Crippen LogP contribution in [0.15, 0.2) is 18.2 Å². The Hall–Kier alpha value is -2.44. The number of aromatic nitrogens is 4. The van der Waals surface area contributed by atoms with E-state index in [1.807, 2.05) is 45.9 Å². The van der Waals surface area contributed by atoms with E-state index in [9.17, 15) is 9.90 Å². The summed E-state index contributed by atoms with van der Waals surface area (Å²) in [6.45, 7) is 7.68. The Labute approximate surface area is 128 Å². The van der Waals surface area contributed by atoms with Crippen molar-refractivity contribution in [3.05, 3.63) is 35.2 Å². The molecule has 0 aliphatic rings. The number of benzene rings is 1. The van der Waals surface area contributed by atoms with Crippen LogP contribution in [0.3, 0.4) is 0 Å². The number of aryl methyl sites for hydroxylation is 2. The van der Waals surface area contributed by atoms with Gasteiger partial charge in [-0.15, -0.1) is 5.10 Å². The smallest absolute Gasteiger partial charge is 0.328 e. The van der Waals surface area contributed by atoms with Crippen molar-refractivity contribution in [1.29, 1.82) is 0 Å². The lowest BCUT2D eigenvalue weighted by Gasteiger charge is -2.17. The number of carboxylic acids is 1. The molecule has 2 rings (SSSR count). The minimum absolute atomic E-state index is 0.119. The number of aliphatic carboxylic acids is 1. The third-order valence-corrected chi connectivity index (χ3v) is 3.41. The van der Waals surface area contributed by atoms with Crippen LogP contribution in [-0.4, -0.2) is 31.3 Å². The Balaban J connectivity index is 2.20. The second kappa shape index (κ2) is 6.55. The number of tetrazole rings is 1. The van der Waals surface area contributed by atoms with Gasteiger partial charge in [0.05, 0.1) is 0 Å². The number of carbonyl (C=O) groups is 1. The average Bonchev–Trinajstić information content (AvgIpc) is 2.87. The molecule has 0 radical (unpaired) electrons. The van der Waals surface area contributed by atoms with Gasteiger partial charge < -0.3 is 9.84 Å². The van der Waals surface area contributed by atoms with E-state index in [4.69, 9.17) is 4.74 Å². The number of carboxylic acid groups (broad SMARTS) is 1. The summed E-state index contributed by atoms with van der Waals surface area (Å²) in [5.41, 5.74) is 2.09. The maximum Gasteiger partial charge on any atom is 0.328 e. The Bertz CT molecular complexity index is 667. The summed E-state index contributed by atoms with van der Waals surface area (Å²) in [5, 5.41) is 20.6. The first kappa shape index (κ1) is 15.9. The van der Waals surface area contributed by atoms with Crippen LogP contribution in [0, 0.1) is 19.8 Å². The molecule has 7 heteroatoms. The highest BCUT2D eigenvalue weighted by Gasteiger charge is 2.27. The largest absolute Gasteiger partial charge is 0.485 e. The lowest BCUT2D eigenvalue weighted by Crippen LogP contribution is -2.27. The summed E-state index contributed by atoms with van der Waals surface area (Å²) in [7, 11) is 0. The van der Waals surface area contributed by atoms with Crippen molar-refractivity contribution in [3.63, 3.8) is 0 Å². The molecule has 1 aromatic carbocycles. The molecule has 7 nitrogen and oxygen atoms in total. The number of hydrogen-bond acceptors (Lipinski definition) is 5. The van der Waals surface area contributed by atoms with E-state index < -0.39 is 12.0 Å². The number of ether oxygens (including phenoxy) is 1. The summed E-state index contributed by atoms with van der Waals surface area (Å²) in [4.78, 5) is 11.4. The molecule has 0 aliphatic heterocycles. The zero-order chi connectivity index (χ0) is 16.3. The maximum absolute atomic E-state index is 11.4. The Morgan fingerprint density at radius 3 is 2.73 bits per heavy atom. The van der Waals surface area contributed by atoms with E-state index in [0.29, 0.717) is 5.82 Å². The summed E-state index contributed by atoms with van der Waals surface area (Å²) in [6, 6.07) is 5.10. The van der Waals surface area contributed by atoms with E-state index in [2.05, 4.69) is 15.5 Å². The van der Waals surface area contributed by atoms with Crippen LogP contribution in [0.5, 0.6) is 5.75 Å². The quantitative estimate of drug-likeness (QED) is 0.879. The zero-order valence-electron chi connectivity index (χ0n) is 13.1. The molecule has 22 heavy (non-hydrogen) atoms. The zero-order valence-corrected chi connectivity index (χ0v) is 13.1. The third-order valence-electron chi connectivity index (χ3n) is 3.41. The fraction of sp³-hybridized carbons (Fsp3) is 0.467. The van der Waals surface area contributed by atoms with Crippen molar-refractivity contribution in [1.82, 2.24) is 20.2 Å². The lowest BCUT2D eigenvalue weighted by molar-refractivity contribution is -0.142. The van der Waals surface area contributed by atoms with Crippen molar-refractivity contribution >= 4 is 5.97 Å². The minimum atomic E-state index is -0.963. The van der Waals surface area contributed by atoms with E-state index in [1.54, 1.807) is 0 Å². The molecule has 0 amide bonds. The SMILES string of the molecule is Cc1ccc(C)c(OCc2nnnn2C(C(=O)O)C(C)C)c1. The van der Waals surface area contributed by atoms with Gasteiger partial charge in [-0.2, -0.15) is 0 Å². The standard InChI is InChI=1S/C15H20N4O3/c1-9(2)14(15(20)21)19-13(16-17-18-19)8-22-12-7-10(3)5-6-11(12)4/h5-7,9,14H,8H2,1-4H3,(H,20,21). The first-order valence-electron chi connectivity index (χ1n) is 7.09. The molecular weight excluding hydrogens is 284 g/mol. The van der Waals surface area contributed by atoms with E-state index >= 15 is 0 Å². The van der Waals surface area contributed by atoms with E-state index in [-0.39, 0.29) is 12.5 Å². The van der Waals surface area contributed by atoms with Gasteiger partial charge in [-0.05, 0) is 47.4 Å². The Kier molecular flexibility index (Phi) is 4.75. The highest BCUT2D eigenvalue weighted by Crippen LogP contribution is 2.22. The first-order chi connectivity index (χ1) is 10.4. The highest BCUT2D eigenvalue weighted by atomic mass is 16.5. The van der Waals surface area contributed by atoms with E-state index in [0.717, 1.165) is 16.9 Å². The monoisotopic (exact) mass is 304 g/mol. The number of nitrogens with zero attached hydrogens (tertiary/aromatic N) is 4. The predicted octanol–water partition coefficient (Wildman–Crippen LogP) is 2.15. The van der Waals surface area contributed by atoms with Gasteiger partial charge in [0.15, 0.2) is 11.9 Å². The minimum Gasteiger partial charge on any atom is -0.485 e. The maximum atomic E-state index is 11.4. The van der Waals surface area contributed by atoms with E-state index in [1.165, 1.54) is 4.68 Å². The molecule has 0 saturated heterocycles. The van der Waals surface area contributed by atoms with Crippen LogP contribution in [0.25, 0.3) is 0 Å². The third kappa shape index (κ3) is 3.41. The van der Waals surface area contributed by atoms with Crippen molar-refractivity contribution < 1.29 is 14.6 Å². The van der Waals surface area contributed by atoms with Gasteiger partial charge in [-0.25, -0.2) is 9.48 Å². The molecule has 1 atom stereocenters. The van der Waals surface area contributed by atoms with Crippen molar-refractivity contribution in [2.24, 2.45) is 5.92 Å². The molecule has 0 saturated carbocycles. The van der Waals surface area contributed by atoms with Gasteiger partial charge in [0.1, 0.15) is 12.4 Å². The second-order valence-corrected chi connectivity index (χ2v) is 5.62. The van der Waals surface area contributed by atoms with Gasteiger partial charge >= 0.3 is 5.97 Å². The lowest BCUT2D eigenvalue weighted by atomic mass is 10.1. The molecule has 2 aromatic rings. The molecule has 0 aliphatic carbocycles. The number of hydrogen-bond donors (Lipinski definition) is 1. The van der Waals surface area contributed by atoms with Crippen LogP contribution in [0.1, 0.15) is 36.8 Å². The topological polar surface area (TPSA) is 90.1 Å². The molecule has 0 bridgehead atoms. The predicted molar refractivity (Wildman–Crippen MR) is 79.6 cm³/mol. The normalized spacial score (nSPS) is 12.4. The molecule has 118 valence electrons. The van der Waals surface area contributed by atoms with Gasteiger partial charge in [-0.3, -0.25) is 0 Å². The molecule has 0 fully saturated rings. The number of rotatable bonds is 6. The fourth-order valence-corrected chi connectivity index (χ4v) is 2.20. The highest BCUT2D eigenvalue weighted by molar-refractivity contribution is 5.72. The van der Waals surface area contributed by atoms with Gasteiger partial charge in [0.25, 0.3) is 0 Å². The second-order valence-electron chi connectivity index (χ2n) is 5.62. The molecule has 0 spiro atoms. The van der Waals surface area contributed by atoms with Gasteiger partial charge in [0, 0.05) is 0 Å². The van der Waals surface area contributed by atoms with Gasteiger partial charge in [-0.1, -0.05) is 26.0 Å². The Morgan fingerprint density at radius 2 is 2.09 bits per heavy atom. The molecule has 1 N–H and O–H groups in total. The summed E-state index contributed by atoms with van der Waals surface area (Å²) in [6.07, 6.45) is 0. The van der Waals surface area contributed by atoms with Gasteiger partial charge in [0.2, 0.25) is 0 Å². The average molecular weight is 304 g/mol. The summed E-state index contributed by atoms with van der Waals surface area (Å²) in [5.74, 6) is 0.0312. The fourth-order valence-electron chi connectivity index (χ4n) is 2.20. The van der Waals surface area contributed by atoms with Crippen molar-refractivity contribution in [2.75, 3.05) is 0 Å². The van der Waals surface area contributed by atoms with Crippen LogP contribution in [0.4, 0.5) is 0 Å². The molecule has 1 heterocycles. The first-order valence-corrected chi connectivity index (χ1v) is 7.09. The van der Waals surface area contributed by atoms with Crippen molar-refractivity contribution in [3.8, 4) is 5.75 Å². The molecule has 1 unspecified atom stereocenters. The summed E-state index contributed by atoms with van der Waals surface area (Å²) >= 11 is 0. The molecular formula is C15H20N4O3. The summed E-state index contributed by atoms with van der Waals surface area (Å²) < 4.78 is 7.07.